The number of primary amides is 1. The SMILES string of the molecule is CN(C)c1cc(NC(=O)CN(C(=O)OCOC(=O)c2ccc(F)cc2)C(C)(C)C)c(O)c2c1C[C@H]1C[C@H]3[C@H](N(C)C)C(=O)C(C(N)=O)C(=O)[C@@]3(O)C(=O)C1C2=O. The quantitative estimate of drug-likeness (QED) is 0.120. The number of phenols is 1. The van der Waals surface area contributed by atoms with Gasteiger partial charge in [0.2, 0.25) is 18.6 Å². The Labute approximate surface area is 320 Å². The number of ether oxygens (including phenoxy) is 2. The Morgan fingerprint density at radius 1 is 1.00 bits per heavy atom. The summed E-state index contributed by atoms with van der Waals surface area (Å²) in [6.07, 6.45) is -1.19. The summed E-state index contributed by atoms with van der Waals surface area (Å²) in [4.78, 5) is 111. The zero-order valence-corrected chi connectivity index (χ0v) is 31.9. The summed E-state index contributed by atoms with van der Waals surface area (Å²) in [5.74, 6) is -14.7. The van der Waals surface area contributed by atoms with Crippen LogP contribution >= 0.6 is 0 Å². The summed E-state index contributed by atoms with van der Waals surface area (Å²) < 4.78 is 23.2. The fourth-order valence-electron chi connectivity index (χ4n) is 7.94. The van der Waals surface area contributed by atoms with Crippen LogP contribution in [0.25, 0.3) is 0 Å². The van der Waals surface area contributed by atoms with Gasteiger partial charge in [0.1, 0.15) is 18.1 Å². The number of aliphatic hydroxyl groups is 1. The summed E-state index contributed by atoms with van der Waals surface area (Å²) in [6, 6.07) is 4.62. The lowest BCUT2D eigenvalue weighted by Crippen LogP contribution is -2.74. The second kappa shape index (κ2) is 15.1. The van der Waals surface area contributed by atoms with Crippen LogP contribution in [0.4, 0.5) is 20.6 Å². The molecule has 0 heterocycles. The Balaban J connectivity index is 1.41. The van der Waals surface area contributed by atoms with Crippen molar-refractivity contribution in [2.75, 3.05) is 51.7 Å². The lowest BCUT2D eigenvalue weighted by Gasteiger charge is -2.52. The first-order valence-electron chi connectivity index (χ1n) is 17.6. The van der Waals surface area contributed by atoms with Gasteiger partial charge >= 0.3 is 12.1 Å². The predicted molar refractivity (Wildman–Crippen MR) is 194 cm³/mol. The van der Waals surface area contributed by atoms with Crippen LogP contribution in [0, 0.1) is 29.5 Å². The third kappa shape index (κ3) is 7.21. The Morgan fingerprint density at radius 3 is 2.18 bits per heavy atom. The molecule has 5 N–H and O–H groups in total. The average molecular weight is 782 g/mol. The highest BCUT2D eigenvalue weighted by atomic mass is 19.1. The van der Waals surface area contributed by atoms with E-state index in [1.807, 2.05) is 0 Å². The second-order valence-electron chi connectivity index (χ2n) is 15.6. The first-order valence-corrected chi connectivity index (χ1v) is 17.6. The molecular formula is C38H44FN5O12. The molecule has 0 aliphatic heterocycles. The van der Waals surface area contributed by atoms with Crippen molar-refractivity contribution < 1.29 is 62.4 Å². The monoisotopic (exact) mass is 781 g/mol. The number of amides is 3. The van der Waals surface area contributed by atoms with Crippen LogP contribution in [0.3, 0.4) is 0 Å². The predicted octanol–water partition coefficient (Wildman–Crippen LogP) is 1.06. The molecule has 5 rings (SSSR count). The Bertz CT molecular complexity index is 2030. The number of carbonyl (C=O) groups is 8. The topological polar surface area (TPSA) is 243 Å². The van der Waals surface area contributed by atoms with Crippen molar-refractivity contribution in [3.8, 4) is 5.75 Å². The number of anilines is 2. The van der Waals surface area contributed by atoms with Crippen LogP contribution < -0.4 is 16.0 Å². The molecule has 2 aromatic carbocycles. The van der Waals surface area contributed by atoms with Crippen LogP contribution in [0.2, 0.25) is 0 Å². The lowest BCUT2D eigenvalue weighted by atomic mass is 9.52. The van der Waals surface area contributed by atoms with Crippen LogP contribution in [0.5, 0.6) is 5.75 Å². The van der Waals surface area contributed by atoms with Crippen LogP contribution in [0.1, 0.15) is 53.5 Å². The number of carbonyl (C=O) groups excluding carboxylic acids is 8. The van der Waals surface area contributed by atoms with Gasteiger partial charge in [-0.25, -0.2) is 14.0 Å². The standard InChI is InChI=1S/C38H44FN5O12/c1-37(2,3)44(36(53)56-16-55-35(52)17-8-10-19(39)11-9-17)15-24(45)41-22-14-23(42(4)5)20-12-18-13-21-28(43(6)7)31(48)27(34(40)51)33(50)38(21,54)32(49)25(18)30(47)26(20)29(22)46/h8-11,14,18,21,25,27-28,46,54H,12-13,15-16H2,1-7H3,(H2,40,51)(H,41,45)/t18-,21-,25?,27?,28-,38-/m0/s1. The van der Waals surface area contributed by atoms with E-state index in [0.29, 0.717) is 11.3 Å². The molecule has 2 aromatic rings. The van der Waals surface area contributed by atoms with Crippen molar-refractivity contribution in [3.05, 3.63) is 52.8 Å². The number of nitrogens with two attached hydrogens (primary N) is 1. The van der Waals surface area contributed by atoms with Crippen molar-refractivity contribution >= 4 is 58.4 Å². The maximum absolute atomic E-state index is 14.3. The van der Waals surface area contributed by atoms with Crippen molar-refractivity contribution in [2.24, 2.45) is 29.4 Å². The van der Waals surface area contributed by atoms with Gasteiger partial charge in [-0.2, -0.15) is 0 Å². The summed E-state index contributed by atoms with van der Waals surface area (Å²) in [7, 11) is 6.27. The lowest BCUT2D eigenvalue weighted by molar-refractivity contribution is -0.181. The molecule has 0 bridgehead atoms. The van der Waals surface area contributed by atoms with E-state index in [2.05, 4.69) is 5.32 Å². The molecule has 3 aliphatic rings. The van der Waals surface area contributed by atoms with E-state index in [1.165, 1.54) is 37.2 Å². The highest BCUT2D eigenvalue weighted by Crippen LogP contribution is 2.52. The van der Waals surface area contributed by atoms with Gasteiger partial charge in [-0.15, -0.1) is 0 Å². The number of halogens is 1. The van der Waals surface area contributed by atoms with Gasteiger partial charge in [-0.1, -0.05) is 0 Å². The van der Waals surface area contributed by atoms with Gasteiger partial charge in [0.25, 0.3) is 0 Å². The Hall–Kier alpha value is -5.75. The zero-order valence-electron chi connectivity index (χ0n) is 31.9. The first-order chi connectivity index (χ1) is 26.0. The maximum Gasteiger partial charge on any atom is 0.413 e. The summed E-state index contributed by atoms with van der Waals surface area (Å²) in [6.45, 7) is 3.31. The van der Waals surface area contributed by atoms with Crippen LogP contribution in [-0.2, 0) is 39.9 Å². The molecule has 56 heavy (non-hydrogen) atoms. The van der Waals surface area contributed by atoms with E-state index in [0.717, 1.165) is 17.0 Å². The van der Waals surface area contributed by atoms with Crippen molar-refractivity contribution in [1.82, 2.24) is 9.80 Å². The van der Waals surface area contributed by atoms with Gasteiger partial charge < -0.3 is 35.6 Å². The molecule has 0 spiro atoms. The molecule has 2 unspecified atom stereocenters. The van der Waals surface area contributed by atoms with E-state index in [4.69, 9.17) is 15.2 Å². The minimum absolute atomic E-state index is 0.00346. The molecule has 0 saturated heterocycles. The fourth-order valence-corrected chi connectivity index (χ4v) is 7.94. The number of ketones is 4. The number of nitrogens with one attached hydrogen (secondary N) is 1. The molecule has 300 valence electrons. The molecule has 2 fully saturated rings. The minimum atomic E-state index is -2.91. The molecule has 3 amide bonds. The van der Waals surface area contributed by atoms with E-state index >= 15 is 0 Å². The highest BCUT2D eigenvalue weighted by Gasteiger charge is 2.69. The Kier molecular flexibility index (Phi) is 11.1. The molecule has 18 heteroatoms. The number of rotatable bonds is 9. The zero-order chi connectivity index (χ0) is 41.8. The van der Waals surface area contributed by atoms with Gasteiger partial charge in [0.15, 0.2) is 34.7 Å². The number of aromatic hydroxyl groups is 1. The molecular weight excluding hydrogens is 737 g/mol. The third-order valence-corrected chi connectivity index (χ3v) is 10.6. The number of likely N-dealkylation sites (N-methyl/N-ethyl adjacent to an activating group) is 1. The van der Waals surface area contributed by atoms with Gasteiger partial charge in [-0.3, -0.25) is 38.6 Å². The molecule has 6 atom stereocenters. The number of phenolic OH excluding ortho intramolecular Hbond substituents is 1. The smallest absolute Gasteiger partial charge is 0.413 e. The molecule has 17 nitrogen and oxygen atoms in total. The maximum atomic E-state index is 14.3. The normalized spacial score (nSPS) is 24.4. The van der Waals surface area contributed by atoms with Crippen molar-refractivity contribution in [2.45, 2.75) is 50.8 Å². The minimum Gasteiger partial charge on any atom is -0.505 e. The number of fused-ring (bicyclic) bond motifs is 3. The van der Waals surface area contributed by atoms with E-state index in [1.54, 1.807) is 39.8 Å². The number of Topliss-reactive ketones (excluding diaryl/α,β-unsaturated/α-hetero) is 4. The number of nitrogens with zero attached hydrogens (tertiary/aromatic N) is 3. The first kappa shape index (κ1) is 41.4. The van der Waals surface area contributed by atoms with E-state index in [-0.39, 0.29) is 29.7 Å². The second-order valence-corrected chi connectivity index (χ2v) is 15.6. The van der Waals surface area contributed by atoms with E-state index < -0.39 is 113 Å². The number of benzene rings is 2. The summed E-state index contributed by atoms with van der Waals surface area (Å²) in [5.41, 5.74) is 1.54. The van der Waals surface area contributed by atoms with Crippen LogP contribution in [-0.4, -0.2) is 126 Å². The summed E-state index contributed by atoms with van der Waals surface area (Å²) in [5, 5.41) is 25.9. The van der Waals surface area contributed by atoms with Gasteiger partial charge in [-0.05, 0) is 89.5 Å². The Morgan fingerprint density at radius 2 is 1.62 bits per heavy atom. The average Bonchev–Trinajstić information content (AvgIpc) is 3.09. The molecule has 0 aromatic heterocycles. The fraction of sp³-hybridized carbons (Fsp3) is 0.474. The van der Waals surface area contributed by atoms with Crippen molar-refractivity contribution in [1.29, 1.82) is 0 Å². The van der Waals surface area contributed by atoms with Gasteiger partial charge in [0.05, 0.1) is 28.8 Å². The number of hydrogen-bond donors (Lipinski definition) is 4. The molecule has 0 radical (unpaired) electrons. The number of esters is 1. The molecule has 2 saturated carbocycles. The largest absolute Gasteiger partial charge is 0.505 e. The van der Waals surface area contributed by atoms with E-state index in [9.17, 15) is 53.0 Å². The van der Waals surface area contributed by atoms with Crippen molar-refractivity contribution in [3.63, 3.8) is 0 Å². The molecule has 3 aliphatic carbocycles. The number of hydrogen-bond acceptors (Lipinski definition) is 14. The van der Waals surface area contributed by atoms with Crippen LogP contribution in [0.15, 0.2) is 30.3 Å². The van der Waals surface area contributed by atoms with Gasteiger partial charge in [0, 0.05) is 31.2 Å². The summed E-state index contributed by atoms with van der Waals surface area (Å²) >= 11 is 0. The highest BCUT2D eigenvalue weighted by molar-refractivity contribution is 6.32. The third-order valence-electron chi connectivity index (χ3n) is 10.6.